The molecule has 8 nitrogen and oxygen atoms in total. The van der Waals surface area contributed by atoms with Crippen LogP contribution in [0, 0.1) is 29.6 Å². The van der Waals surface area contributed by atoms with E-state index in [1.165, 1.54) is 43.2 Å². The number of benzene rings is 1. The first-order valence-electron chi connectivity index (χ1n) is 13.8. The van der Waals surface area contributed by atoms with Gasteiger partial charge in [-0.2, -0.15) is 0 Å². The number of carboxylic acid groups (broad SMARTS) is 2. The van der Waals surface area contributed by atoms with Crippen molar-refractivity contribution in [3.8, 4) is 5.75 Å². The Morgan fingerprint density at radius 2 is 1.76 bits per heavy atom. The van der Waals surface area contributed by atoms with Gasteiger partial charge in [-0.15, -0.1) is 0 Å². The third kappa shape index (κ3) is 5.06. The zero-order valence-corrected chi connectivity index (χ0v) is 23.2. The van der Waals surface area contributed by atoms with Crippen LogP contribution >= 0.6 is 0 Å². The number of rotatable bonds is 8. The van der Waals surface area contributed by atoms with Crippen molar-refractivity contribution in [1.29, 1.82) is 0 Å². The number of hydrogen-bond donors (Lipinski definition) is 3. The highest BCUT2D eigenvalue weighted by Gasteiger charge is 2.61. The minimum absolute atomic E-state index is 0.101. The Balaban J connectivity index is 1.47. The summed E-state index contributed by atoms with van der Waals surface area (Å²) in [6.07, 6.45) is 5.92. The van der Waals surface area contributed by atoms with E-state index in [1.54, 1.807) is 0 Å². The molecule has 0 aliphatic heterocycles. The van der Waals surface area contributed by atoms with E-state index in [1.807, 2.05) is 12.1 Å². The minimum atomic E-state index is -1.37. The predicted molar refractivity (Wildman–Crippen MR) is 141 cm³/mol. The zero-order chi connectivity index (χ0) is 28.0. The lowest BCUT2D eigenvalue weighted by molar-refractivity contribution is -0.146. The fraction of sp³-hybridized carbons (Fsp3) is 0.667. The highest BCUT2D eigenvalue weighted by Crippen LogP contribution is 2.67. The highest BCUT2D eigenvalue weighted by atomic mass is 16.5. The summed E-state index contributed by atoms with van der Waals surface area (Å²) >= 11 is 0. The van der Waals surface area contributed by atoms with Crippen molar-refractivity contribution in [2.24, 2.45) is 22.7 Å². The second-order valence-corrected chi connectivity index (χ2v) is 12.9. The summed E-state index contributed by atoms with van der Waals surface area (Å²) in [7, 11) is 0. The molecule has 8 heteroatoms. The maximum atomic E-state index is 12.6. The summed E-state index contributed by atoms with van der Waals surface area (Å²) in [6.45, 7) is 11.9. The third-order valence-corrected chi connectivity index (χ3v) is 9.99. The minimum Gasteiger partial charge on any atom is -0.481 e. The number of hydrogen-bond acceptors (Lipinski definition) is 5. The van der Waals surface area contributed by atoms with Gasteiger partial charge in [0.2, 0.25) is 5.91 Å². The smallest absolute Gasteiger partial charge is 0.326 e. The van der Waals surface area contributed by atoms with Gasteiger partial charge in [-0.3, -0.25) is 14.4 Å². The van der Waals surface area contributed by atoms with Crippen LogP contribution in [-0.4, -0.2) is 40.1 Å². The van der Waals surface area contributed by atoms with E-state index in [4.69, 9.17) is 9.84 Å². The topological polar surface area (TPSA) is 130 Å². The Morgan fingerprint density at radius 1 is 1.05 bits per heavy atom. The van der Waals surface area contributed by atoms with Crippen LogP contribution in [0.1, 0.15) is 95.8 Å². The van der Waals surface area contributed by atoms with Gasteiger partial charge in [0.15, 0.2) is 0 Å². The molecule has 2 saturated carbocycles. The van der Waals surface area contributed by atoms with Crippen molar-refractivity contribution in [3.05, 3.63) is 28.8 Å². The molecule has 0 radical (unpaired) electrons. The fourth-order valence-electron chi connectivity index (χ4n) is 8.57. The van der Waals surface area contributed by atoms with Gasteiger partial charge in [-0.05, 0) is 102 Å². The summed E-state index contributed by atoms with van der Waals surface area (Å²) < 4.78 is 5.63. The van der Waals surface area contributed by atoms with Gasteiger partial charge in [0.1, 0.15) is 18.2 Å². The summed E-state index contributed by atoms with van der Waals surface area (Å²) in [6, 6.07) is 2.53. The van der Waals surface area contributed by atoms with Crippen molar-refractivity contribution in [2.45, 2.75) is 104 Å². The van der Waals surface area contributed by atoms with Gasteiger partial charge in [0.05, 0.1) is 0 Å². The van der Waals surface area contributed by atoms with Crippen LogP contribution in [0.5, 0.6) is 5.75 Å². The van der Waals surface area contributed by atoms with Crippen LogP contribution in [0.25, 0.3) is 0 Å². The molecule has 0 spiro atoms. The molecule has 3 N–H and O–H groups in total. The van der Waals surface area contributed by atoms with Crippen LogP contribution in [0.4, 0.5) is 0 Å². The summed E-state index contributed by atoms with van der Waals surface area (Å²) in [5.41, 5.74) is 4.49. The standard InChI is InChI=1S/C30H41NO7/c1-17-13-19(38-25(35)8-7-20(27(36)37)31-23(32)16-24(33)34)14-18-15-22-29(4)11-6-10-28(2,3)21(29)9-12-30(22,5)26(17)18/h13-14,20-22H,6-12,15-16H2,1-5H3,(H,31,32)(H,33,34)(H,36,37)/t20?,21?,22-,29+,30?/m1/s1. The average Bonchev–Trinajstić information content (AvgIpc) is 3.09. The Kier molecular flexibility index (Phi) is 7.40. The quantitative estimate of drug-likeness (QED) is 0.252. The van der Waals surface area contributed by atoms with Crippen molar-refractivity contribution in [2.75, 3.05) is 0 Å². The molecule has 0 heterocycles. The SMILES string of the molecule is Cc1cc(OC(=O)CCC(NC(=O)CC(=O)O)C(=O)O)cc2c1C1(C)CCC3C(C)(C)CCC[C@]3(C)[C@H]1C2. The van der Waals surface area contributed by atoms with Gasteiger partial charge < -0.3 is 20.3 Å². The number of aliphatic carboxylic acids is 2. The maximum absolute atomic E-state index is 12.6. The summed E-state index contributed by atoms with van der Waals surface area (Å²) in [5, 5.41) is 20.2. The van der Waals surface area contributed by atoms with E-state index < -0.39 is 36.3 Å². The van der Waals surface area contributed by atoms with E-state index >= 15 is 0 Å². The first-order valence-corrected chi connectivity index (χ1v) is 13.8. The Bertz CT molecular complexity index is 1160. The van der Waals surface area contributed by atoms with Crippen molar-refractivity contribution < 1.29 is 34.1 Å². The molecule has 0 bridgehead atoms. The summed E-state index contributed by atoms with van der Waals surface area (Å²) in [5.74, 6) is -2.50. The van der Waals surface area contributed by atoms with Crippen molar-refractivity contribution in [1.82, 2.24) is 5.32 Å². The average molecular weight is 528 g/mol. The van der Waals surface area contributed by atoms with Gasteiger partial charge in [-0.25, -0.2) is 4.79 Å². The Labute approximate surface area is 224 Å². The monoisotopic (exact) mass is 527 g/mol. The number of nitrogens with one attached hydrogen (secondary N) is 1. The van der Waals surface area contributed by atoms with Crippen LogP contribution in [0.2, 0.25) is 0 Å². The van der Waals surface area contributed by atoms with Crippen LogP contribution < -0.4 is 10.1 Å². The van der Waals surface area contributed by atoms with Gasteiger partial charge in [0.25, 0.3) is 0 Å². The van der Waals surface area contributed by atoms with Crippen LogP contribution in [0.3, 0.4) is 0 Å². The number of fused-ring (bicyclic) bond motifs is 5. The number of ether oxygens (including phenoxy) is 1. The molecular weight excluding hydrogens is 486 g/mol. The molecule has 38 heavy (non-hydrogen) atoms. The molecule has 3 aliphatic carbocycles. The molecule has 0 saturated heterocycles. The predicted octanol–water partition coefficient (Wildman–Crippen LogP) is 4.78. The number of amides is 1. The van der Waals surface area contributed by atoms with Crippen molar-refractivity contribution >= 4 is 23.8 Å². The number of aryl methyl sites for hydroxylation is 1. The third-order valence-electron chi connectivity index (χ3n) is 9.99. The number of esters is 1. The molecule has 5 atom stereocenters. The van der Waals surface area contributed by atoms with Crippen molar-refractivity contribution in [3.63, 3.8) is 0 Å². The molecule has 2 fully saturated rings. The normalized spacial score (nSPS) is 29.8. The largest absolute Gasteiger partial charge is 0.481 e. The number of carbonyl (C=O) groups is 4. The lowest BCUT2D eigenvalue weighted by atomic mass is 9.43. The molecule has 1 amide bonds. The maximum Gasteiger partial charge on any atom is 0.326 e. The van der Waals surface area contributed by atoms with Crippen LogP contribution in [-0.2, 0) is 31.0 Å². The first kappa shape index (κ1) is 28.1. The van der Waals surface area contributed by atoms with Crippen LogP contribution in [0.15, 0.2) is 12.1 Å². The van der Waals surface area contributed by atoms with Gasteiger partial charge in [0, 0.05) is 6.42 Å². The second kappa shape index (κ2) is 10.0. The molecule has 1 aromatic rings. The lowest BCUT2D eigenvalue weighted by Gasteiger charge is -2.61. The Morgan fingerprint density at radius 3 is 2.42 bits per heavy atom. The fourth-order valence-corrected chi connectivity index (χ4v) is 8.57. The second-order valence-electron chi connectivity index (χ2n) is 12.9. The van der Waals surface area contributed by atoms with E-state index in [9.17, 15) is 24.3 Å². The van der Waals surface area contributed by atoms with E-state index in [0.29, 0.717) is 23.0 Å². The van der Waals surface area contributed by atoms with E-state index in [-0.39, 0.29) is 23.7 Å². The zero-order valence-electron chi connectivity index (χ0n) is 23.2. The molecule has 4 rings (SSSR count). The molecular formula is C30H41NO7. The number of carbonyl (C=O) groups excluding carboxylic acids is 2. The lowest BCUT2D eigenvalue weighted by Crippen LogP contribution is -2.55. The highest BCUT2D eigenvalue weighted by molar-refractivity contribution is 5.95. The molecule has 1 aromatic carbocycles. The van der Waals surface area contributed by atoms with E-state index in [2.05, 4.69) is 39.9 Å². The Hall–Kier alpha value is -2.90. The first-order chi connectivity index (χ1) is 17.7. The number of carboxylic acids is 2. The van der Waals surface area contributed by atoms with Gasteiger partial charge >= 0.3 is 17.9 Å². The summed E-state index contributed by atoms with van der Waals surface area (Å²) in [4.78, 5) is 46.4. The molecule has 0 aromatic heterocycles. The van der Waals surface area contributed by atoms with E-state index in [0.717, 1.165) is 12.0 Å². The molecule has 208 valence electrons. The molecule has 3 aliphatic rings. The molecule has 3 unspecified atom stereocenters. The van der Waals surface area contributed by atoms with Gasteiger partial charge in [-0.1, -0.05) is 34.1 Å².